The number of aliphatic imine (C=N–C) groups is 1. The summed E-state index contributed by atoms with van der Waals surface area (Å²) in [5.41, 5.74) is 5.52. The number of esters is 1. The second-order valence-electron chi connectivity index (χ2n) is 6.09. The van der Waals surface area contributed by atoms with Crippen LogP contribution in [0.15, 0.2) is 46.0 Å². The fourth-order valence-corrected chi connectivity index (χ4v) is 3.32. The number of carbonyl (C=O) groups excluding carboxylic acids is 2. The number of rotatable bonds is 5. The van der Waals surface area contributed by atoms with Gasteiger partial charge in [-0.3, -0.25) is 14.5 Å². The number of aryl methyl sites for hydroxylation is 1. The van der Waals surface area contributed by atoms with Crippen molar-refractivity contribution in [1.29, 1.82) is 0 Å². The van der Waals surface area contributed by atoms with E-state index in [0.717, 1.165) is 4.47 Å². The van der Waals surface area contributed by atoms with Crippen LogP contribution in [-0.2, 0) is 21.7 Å². The summed E-state index contributed by atoms with van der Waals surface area (Å²) < 4.78 is 20.4. The Balaban J connectivity index is 2.22. The van der Waals surface area contributed by atoms with Crippen molar-refractivity contribution in [3.05, 3.63) is 52.1 Å². The fourth-order valence-electron chi connectivity index (χ4n) is 3.06. The molecule has 7 nitrogen and oxygen atoms in total. The average Bonchev–Trinajstić information content (AvgIpc) is 3.10. The van der Waals surface area contributed by atoms with Crippen LogP contribution in [0.4, 0.5) is 4.39 Å². The number of ether oxygens (including phenoxy) is 1. The van der Waals surface area contributed by atoms with E-state index in [2.05, 4.69) is 20.9 Å². The van der Waals surface area contributed by atoms with Gasteiger partial charge in [-0.2, -0.15) is 0 Å². The quantitative estimate of drug-likeness (QED) is 0.727. The number of halogens is 2. The van der Waals surface area contributed by atoms with Crippen LogP contribution in [0.5, 0.6) is 5.88 Å². The van der Waals surface area contributed by atoms with Crippen molar-refractivity contribution in [1.82, 2.24) is 9.47 Å². The molecule has 0 fully saturated rings. The Labute approximate surface area is 163 Å². The number of aromatic nitrogens is 1. The second kappa shape index (κ2) is 7.15. The molecule has 1 atom stereocenters. The third-order valence-corrected chi connectivity index (χ3v) is 4.88. The van der Waals surface area contributed by atoms with Gasteiger partial charge in [-0.25, -0.2) is 9.38 Å². The first-order valence-electron chi connectivity index (χ1n) is 8.14. The van der Waals surface area contributed by atoms with Crippen LogP contribution in [0, 0.1) is 0 Å². The Morgan fingerprint density at radius 1 is 1.33 bits per heavy atom. The number of nitrogens with two attached hydrogens (primary N) is 1. The van der Waals surface area contributed by atoms with E-state index >= 15 is 0 Å². The van der Waals surface area contributed by atoms with Crippen LogP contribution < -0.4 is 10.5 Å². The highest BCUT2D eigenvalue weighted by atomic mass is 79.9. The summed E-state index contributed by atoms with van der Waals surface area (Å²) >= 11 is 3.37. The van der Waals surface area contributed by atoms with Gasteiger partial charge in [0, 0.05) is 36.3 Å². The molecule has 1 aromatic carbocycles. The maximum atomic E-state index is 13.2. The molecule has 2 aromatic rings. The van der Waals surface area contributed by atoms with E-state index in [1.807, 2.05) is 0 Å². The maximum Gasteiger partial charge on any atom is 0.309 e. The molecular formula is C18H18BrFN4O3. The van der Waals surface area contributed by atoms with Gasteiger partial charge in [0.05, 0.1) is 6.54 Å². The zero-order chi connectivity index (χ0) is 19.8. The van der Waals surface area contributed by atoms with Crippen molar-refractivity contribution in [3.8, 4) is 5.88 Å². The second-order valence-corrected chi connectivity index (χ2v) is 7.01. The lowest BCUT2D eigenvalue weighted by Gasteiger charge is -2.24. The minimum absolute atomic E-state index is 0.0255. The third-order valence-electron chi connectivity index (χ3n) is 4.35. The van der Waals surface area contributed by atoms with Gasteiger partial charge < -0.3 is 15.0 Å². The van der Waals surface area contributed by atoms with E-state index in [-0.39, 0.29) is 24.3 Å². The van der Waals surface area contributed by atoms with Gasteiger partial charge in [0.15, 0.2) is 11.5 Å². The minimum atomic E-state index is -1.43. The first-order chi connectivity index (χ1) is 12.8. The van der Waals surface area contributed by atoms with Crippen LogP contribution in [0.25, 0.3) is 0 Å². The van der Waals surface area contributed by atoms with E-state index in [1.165, 1.54) is 29.5 Å². The van der Waals surface area contributed by atoms with Crippen LogP contribution in [0.2, 0.25) is 0 Å². The molecule has 1 unspecified atom stereocenters. The molecule has 2 heterocycles. The van der Waals surface area contributed by atoms with E-state index < -0.39 is 18.2 Å². The smallest absolute Gasteiger partial charge is 0.309 e. The first kappa shape index (κ1) is 19.1. The number of likely N-dealkylation sites (N-methyl/N-ethyl adjacent to an activating group) is 1. The van der Waals surface area contributed by atoms with Crippen molar-refractivity contribution in [2.45, 2.75) is 19.0 Å². The monoisotopic (exact) mass is 436 g/mol. The van der Waals surface area contributed by atoms with Gasteiger partial charge in [-0.05, 0) is 17.7 Å². The molecule has 0 spiro atoms. The lowest BCUT2D eigenvalue weighted by molar-refractivity contribution is -0.132. The highest BCUT2D eigenvalue weighted by Gasteiger charge is 2.50. The Morgan fingerprint density at radius 3 is 2.52 bits per heavy atom. The maximum absolute atomic E-state index is 13.2. The standard InChI is InChI=1S/C18H18BrFN4O3/c1-11(25)27-15-9-13(10-24(15)8-7-20)18(12-3-5-14(19)6-4-12)16(26)23(2)17(21)22-18/h3-6,9-10H,7-8H2,1-2H3,(H2,21,22). The van der Waals surface area contributed by atoms with Crippen molar-refractivity contribution < 1.29 is 18.7 Å². The summed E-state index contributed by atoms with van der Waals surface area (Å²) in [6.07, 6.45) is 1.56. The summed E-state index contributed by atoms with van der Waals surface area (Å²) in [6.45, 7) is 0.566. The predicted octanol–water partition coefficient (Wildman–Crippen LogP) is 2.18. The highest BCUT2D eigenvalue weighted by molar-refractivity contribution is 9.10. The molecule has 0 bridgehead atoms. The van der Waals surface area contributed by atoms with Crippen LogP contribution >= 0.6 is 15.9 Å². The van der Waals surface area contributed by atoms with Gasteiger partial charge in [0.1, 0.15) is 6.67 Å². The van der Waals surface area contributed by atoms with Crippen molar-refractivity contribution in [2.24, 2.45) is 10.7 Å². The number of alkyl halides is 1. The van der Waals surface area contributed by atoms with Crippen molar-refractivity contribution in [2.75, 3.05) is 13.7 Å². The SMILES string of the molecule is CC(=O)Oc1cc(C2(c3ccc(Br)cc3)N=C(N)N(C)C2=O)cn1CCF. The number of hydrogen-bond acceptors (Lipinski definition) is 5. The van der Waals surface area contributed by atoms with Crippen LogP contribution in [0.1, 0.15) is 18.1 Å². The molecule has 1 amide bonds. The molecule has 1 aromatic heterocycles. The minimum Gasteiger partial charge on any atom is -0.409 e. The lowest BCUT2D eigenvalue weighted by atomic mass is 9.84. The summed E-state index contributed by atoms with van der Waals surface area (Å²) in [5.74, 6) is -0.692. The number of nitrogens with zero attached hydrogens (tertiary/aromatic N) is 3. The molecule has 142 valence electrons. The van der Waals surface area contributed by atoms with E-state index in [4.69, 9.17) is 10.5 Å². The van der Waals surface area contributed by atoms with Crippen LogP contribution in [-0.4, -0.2) is 41.0 Å². The average molecular weight is 437 g/mol. The molecule has 9 heteroatoms. The molecule has 1 aliphatic rings. The van der Waals surface area contributed by atoms with Gasteiger partial charge in [-0.15, -0.1) is 0 Å². The molecule has 27 heavy (non-hydrogen) atoms. The molecule has 2 N–H and O–H groups in total. The molecule has 0 saturated heterocycles. The highest BCUT2D eigenvalue weighted by Crippen LogP contribution is 2.41. The number of benzene rings is 1. The summed E-state index contributed by atoms with van der Waals surface area (Å²) in [5, 5.41) is 0. The molecular weight excluding hydrogens is 419 g/mol. The lowest BCUT2D eigenvalue weighted by Crippen LogP contribution is -2.41. The fraction of sp³-hybridized carbons (Fsp3) is 0.278. The van der Waals surface area contributed by atoms with Gasteiger partial charge >= 0.3 is 5.97 Å². The molecule has 0 aliphatic carbocycles. The van der Waals surface area contributed by atoms with E-state index in [9.17, 15) is 14.0 Å². The molecule has 1 aliphatic heterocycles. The van der Waals surface area contributed by atoms with Gasteiger partial charge in [0.25, 0.3) is 5.91 Å². The zero-order valence-corrected chi connectivity index (χ0v) is 16.4. The molecule has 0 saturated carbocycles. The van der Waals surface area contributed by atoms with Crippen molar-refractivity contribution in [3.63, 3.8) is 0 Å². The normalized spacial score (nSPS) is 19.3. The Hall–Kier alpha value is -2.68. The summed E-state index contributed by atoms with van der Waals surface area (Å²) in [7, 11) is 1.54. The number of guanidine groups is 1. The number of amides is 1. The summed E-state index contributed by atoms with van der Waals surface area (Å²) in [4.78, 5) is 30.3. The van der Waals surface area contributed by atoms with Gasteiger partial charge in [-0.1, -0.05) is 28.1 Å². The van der Waals surface area contributed by atoms with E-state index in [0.29, 0.717) is 11.1 Å². The zero-order valence-electron chi connectivity index (χ0n) is 14.8. The van der Waals surface area contributed by atoms with Gasteiger partial charge in [0.2, 0.25) is 5.88 Å². The molecule has 3 rings (SSSR count). The Kier molecular flexibility index (Phi) is 5.05. The van der Waals surface area contributed by atoms with E-state index in [1.54, 1.807) is 30.5 Å². The van der Waals surface area contributed by atoms with Crippen LogP contribution in [0.3, 0.4) is 0 Å². The third kappa shape index (κ3) is 3.23. The Morgan fingerprint density at radius 2 is 2.00 bits per heavy atom. The number of carbonyl (C=O) groups is 2. The molecule has 0 radical (unpaired) electrons. The largest absolute Gasteiger partial charge is 0.409 e. The topological polar surface area (TPSA) is 89.9 Å². The number of hydrogen-bond donors (Lipinski definition) is 1. The first-order valence-corrected chi connectivity index (χ1v) is 8.93. The Bertz CT molecular complexity index is 925. The summed E-state index contributed by atoms with van der Waals surface area (Å²) in [6, 6.07) is 8.62. The van der Waals surface area contributed by atoms with Crippen molar-refractivity contribution >= 4 is 33.8 Å². The predicted molar refractivity (Wildman–Crippen MR) is 101 cm³/mol.